The molecule has 0 fully saturated rings. The van der Waals surface area contributed by atoms with E-state index in [1.165, 1.54) is 3.57 Å². The molecular formula is C21H12IO18-. The molecule has 0 spiro atoms. The molecule has 0 bridgehead atoms. The predicted octanol–water partition coefficient (Wildman–Crippen LogP) is -1.29. The second kappa shape index (κ2) is 23.1. The fourth-order valence-electron chi connectivity index (χ4n) is 1.72. The van der Waals surface area contributed by atoms with Crippen LogP contribution in [0.1, 0.15) is 0 Å². The van der Waals surface area contributed by atoms with Crippen molar-refractivity contribution in [2.45, 2.75) is 0 Å². The number of halogens is 1. The summed E-state index contributed by atoms with van der Waals surface area (Å²) in [6, 6.07) is 14.9. The third kappa shape index (κ3) is 16.9. The topological polar surface area (TPSA) is 166 Å². The van der Waals surface area contributed by atoms with Gasteiger partial charge in [-0.15, -0.1) is 6.42 Å². The fraction of sp³-hybridized carbons (Fsp3) is 0.0476. The molecule has 18 nitrogen and oxygen atoms in total. The van der Waals surface area contributed by atoms with Gasteiger partial charge in [-0.3, -0.25) is 0 Å². The van der Waals surface area contributed by atoms with Gasteiger partial charge in [0.2, 0.25) is 0 Å². The molecule has 2 rings (SSSR count). The Labute approximate surface area is 233 Å². The van der Waals surface area contributed by atoms with Crippen molar-refractivity contribution in [1.29, 1.82) is 0 Å². The van der Waals surface area contributed by atoms with E-state index < -0.39 is 0 Å². The zero-order valence-corrected chi connectivity index (χ0v) is 21.6. The zero-order valence-electron chi connectivity index (χ0n) is 19.4. The van der Waals surface area contributed by atoms with Gasteiger partial charge in [0.25, 0.3) is 0 Å². The molecule has 0 aliphatic carbocycles. The molecule has 0 unspecified atom stereocenters. The van der Waals surface area contributed by atoms with Gasteiger partial charge in [0.05, 0.1) is 0 Å². The Morgan fingerprint density at radius 1 is 0.500 bits per heavy atom. The van der Waals surface area contributed by atoms with Crippen LogP contribution in [-0.4, -0.2) is 7.11 Å². The molecule has 0 heterocycles. The number of rotatable bonds is 20. The zero-order chi connectivity index (χ0) is 28.4. The first-order valence-corrected chi connectivity index (χ1v) is 11.7. The van der Waals surface area contributed by atoms with Gasteiger partial charge in [0.1, 0.15) is 0 Å². The first-order valence-electron chi connectivity index (χ1n) is 9.50. The van der Waals surface area contributed by atoms with Gasteiger partial charge in [0, 0.05) is 58.1 Å². The molecule has 0 saturated carbocycles. The molecule has 0 aromatic heterocycles. The van der Waals surface area contributed by atoms with E-state index >= 15 is 0 Å². The Bertz CT molecular complexity index is 1180. The third-order valence-corrected chi connectivity index (χ3v) is 5.73. The van der Waals surface area contributed by atoms with E-state index in [0.717, 1.165) is 9.32 Å². The average Bonchev–Trinajstić information content (AvgIpc) is 2.99. The molecule has 0 radical (unpaired) electrons. The Morgan fingerprint density at radius 3 is 1.43 bits per heavy atom. The summed E-state index contributed by atoms with van der Waals surface area (Å²) in [5.74, 6) is 14.3. The average molecular weight is 679 g/mol. The van der Waals surface area contributed by atoms with Crippen LogP contribution < -0.4 is 30.8 Å². The summed E-state index contributed by atoms with van der Waals surface area (Å²) in [7, 11) is 1.62. The van der Waals surface area contributed by atoms with Crippen molar-refractivity contribution in [2.75, 3.05) is 7.11 Å². The minimum atomic E-state index is -0.384. The number of methoxy groups -OCH3 is 1. The quantitative estimate of drug-likeness (QED) is 0.0533. The van der Waals surface area contributed by atoms with Crippen LogP contribution in [0.5, 0.6) is 11.5 Å². The molecule has 0 aliphatic heterocycles. The minimum absolute atomic E-state index is 0.306. The van der Waals surface area contributed by atoms with Crippen molar-refractivity contribution in [1.82, 2.24) is 0 Å². The number of ether oxygens (including phenoxy) is 1. The number of terminal acetylenes is 1. The first kappa shape index (κ1) is 32.4. The molecule has 0 N–H and O–H groups in total. The van der Waals surface area contributed by atoms with E-state index in [-0.39, 0.29) is 21.2 Å². The summed E-state index contributed by atoms with van der Waals surface area (Å²) < 4.78 is 7.49. The van der Waals surface area contributed by atoms with Crippen LogP contribution in [0.15, 0.2) is 48.5 Å². The van der Waals surface area contributed by atoms with Crippen LogP contribution in [0.3, 0.4) is 0 Å². The molecule has 19 heteroatoms. The van der Waals surface area contributed by atoms with Gasteiger partial charge in [-0.05, 0) is 17.8 Å². The second-order valence-corrected chi connectivity index (χ2v) is 8.30. The van der Waals surface area contributed by atoms with Crippen LogP contribution in [0.25, 0.3) is 0 Å². The summed E-state index contributed by atoms with van der Waals surface area (Å²) >= 11 is -0.384. The van der Waals surface area contributed by atoms with E-state index in [1.54, 1.807) is 19.2 Å². The second-order valence-electron chi connectivity index (χ2n) is 5.27. The summed E-state index contributed by atoms with van der Waals surface area (Å²) in [5.41, 5.74) is 0. The van der Waals surface area contributed by atoms with E-state index in [0.29, 0.717) is 5.75 Å². The number of hydrogen-bond acceptors (Lipinski definition) is 18. The molecule has 2 aromatic rings. The molecule has 0 atom stereocenters. The van der Waals surface area contributed by atoms with Gasteiger partial charge < -0.3 is 0 Å². The van der Waals surface area contributed by atoms with E-state index in [4.69, 9.17) is 16.0 Å². The summed E-state index contributed by atoms with van der Waals surface area (Å²) in [6.45, 7) is 0. The molecule has 40 heavy (non-hydrogen) atoms. The van der Waals surface area contributed by atoms with Crippen molar-refractivity contribution in [3.63, 3.8) is 0 Å². The van der Waals surface area contributed by atoms with Gasteiger partial charge in [-0.2, -0.15) is 0 Å². The fourth-order valence-corrected chi connectivity index (χ4v) is 3.88. The maximum atomic E-state index is 5.14. The summed E-state index contributed by atoms with van der Waals surface area (Å²) in [5, 5.41) is 56.7. The molecule has 2 aromatic carbocycles. The van der Waals surface area contributed by atoms with Crippen LogP contribution in [0.2, 0.25) is 0 Å². The molecule has 0 amide bonds. The summed E-state index contributed by atoms with van der Waals surface area (Å²) in [6.07, 6.45) is 6.77. The van der Waals surface area contributed by atoms with Gasteiger partial charge in [0.15, 0.2) is 6.11 Å². The van der Waals surface area contributed by atoms with Crippen LogP contribution in [0.4, 0.5) is 0 Å². The van der Waals surface area contributed by atoms with Crippen molar-refractivity contribution in [3.8, 4) is 59.6 Å². The SMILES string of the molecule is C#CC#CC#CC#COOOOOOOOOOOOOOOOOc1ccc([I-]c2ccc(OC)cc2)cc1. The van der Waals surface area contributed by atoms with Crippen molar-refractivity contribution < 1.29 is 111 Å². The van der Waals surface area contributed by atoms with E-state index in [2.05, 4.69) is 110 Å². The van der Waals surface area contributed by atoms with E-state index in [9.17, 15) is 0 Å². The van der Waals surface area contributed by atoms with Crippen molar-refractivity contribution in [2.24, 2.45) is 0 Å². The summed E-state index contributed by atoms with van der Waals surface area (Å²) in [4.78, 5) is 8.86. The number of benzene rings is 2. The van der Waals surface area contributed by atoms with Gasteiger partial charge >= 0.3 is 140 Å². The van der Waals surface area contributed by atoms with Crippen LogP contribution in [0, 0.1) is 55.2 Å². The van der Waals surface area contributed by atoms with Crippen LogP contribution in [-0.2, 0) is 80.5 Å². The van der Waals surface area contributed by atoms with Crippen LogP contribution >= 0.6 is 0 Å². The molecule has 0 aliphatic rings. The molecular weight excluding hydrogens is 667 g/mol. The standard InChI is InChI=1S/C21H12IO18/c1-3-4-5-6-7-8-17-24-26-28-30-32-34-36-38-40-39-37-35-33-31-29-27-25-21-15-11-19(12-16-21)22-18-9-13-20(23-2)14-10-18/h1,9-16H,2H3/q-1. The van der Waals surface area contributed by atoms with Gasteiger partial charge in [-0.25, -0.2) is 4.89 Å². The Hall–Kier alpha value is -3.79. The van der Waals surface area contributed by atoms with Crippen molar-refractivity contribution in [3.05, 3.63) is 55.7 Å². The third-order valence-electron chi connectivity index (χ3n) is 3.05. The van der Waals surface area contributed by atoms with E-state index in [1.807, 2.05) is 48.4 Å². The number of hydrogen-bond donors (Lipinski definition) is 0. The van der Waals surface area contributed by atoms with Crippen molar-refractivity contribution >= 4 is 0 Å². The molecule has 212 valence electrons. The van der Waals surface area contributed by atoms with Gasteiger partial charge in [-0.1, -0.05) is 0 Å². The Morgan fingerprint density at radius 2 is 0.925 bits per heavy atom. The predicted molar refractivity (Wildman–Crippen MR) is 107 cm³/mol. The monoisotopic (exact) mass is 679 g/mol. The Balaban J connectivity index is 1.33. The first-order chi connectivity index (χ1) is 19.8. The molecule has 0 saturated heterocycles. The normalized spacial score (nSPS) is 9.70. The Kier molecular flexibility index (Phi) is 18.7. The maximum absolute atomic E-state index is 5.14.